The summed E-state index contributed by atoms with van der Waals surface area (Å²) >= 11 is 0. The van der Waals surface area contributed by atoms with E-state index in [9.17, 15) is 14.4 Å². The summed E-state index contributed by atoms with van der Waals surface area (Å²) in [7, 11) is 0. The average Bonchev–Trinajstić information content (AvgIpc) is 2.44. The second-order valence-corrected chi connectivity index (χ2v) is 5.57. The number of ketones is 1. The van der Waals surface area contributed by atoms with Gasteiger partial charge in [0, 0.05) is 19.4 Å². The smallest absolute Gasteiger partial charge is 0.331 e. The Morgan fingerprint density at radius 1 is 0.955 bits per heavy atom. The molecule has 0 aromatic heterocycles. The van der Waals surface area contributed by atoms with Gasteiger partial charge >= 0.3 is 11.9 Å². The maximum atomic E-state index is 12.6. The van der Waals surface area contributed by atoms with Crippen molar-refractivity contribution in [1.82, 2.24) is 0 Å². The first-order valence-corrected chi connectivity index (χ1v) is 6.87. The van der Waals surface area contributed by atoms with Gasteiger partial charge in [-0.3, -0.25) is 14.4 Å². The van der Waals surface area contributed by atoms with Crippen molar-refractivity contribution in [3.05, 3.63) is 48.0 Å². The summed E-state index contributed by atoms with van der Waals surface area (Å²) < 4.78 is 10.0. The zero-order chi connectivity index (χ0) is 15.9. The number of fused-ring (bicyclic) bond motifs is 1. The van der Waals surface area contributed by atoms with Crippen LogP contribution in [0.5, 0.6) is 0 Å². The quantitative estimate of drug-likeness (QED) is 0.484. The standard InChI is InChI=1S/C17H14O5/c1-17(2)21-15(19)13(16(20)22-17)14(18)12-9-5-7-10-6-3-4-8-11(10)12/h3-9,13H,1-2H3. The van der Waals surface area contributed by atoms with Gasteiger partial charge in [0.05, 0.1) is 0 Å². The first-order valence-electron chi connectivity index (χ1n) is 6.87. The van der Waals surface area contributed by atoms with Crippen molar-refractivity contribution in [2.24, 2.45) is 5.92 Å². The highest BCUT2D eigenvalue weighted by atomic mass is 16.7. The lowest BCUT2D eigenvalue weighted by atomic mass is 9.93. The molecule has 22 heavy (non-hydrogen) atoms. The number of cyclic esters (lactones) is 2. The van der Waals surface area contributed by atoms with Gasteiger partial charge in [-0.25, -0.2) is 0 Å². The van der Waals surface area contributed by atoms with Crippen molar-refractivity contribution in [1.29, 1.82) is 0 Å². The van der Waals surface area contributed by atoms with Crippen molar-refractivity contribution in [2.45, 2.75) is 19.6 Å². The SMILES string of the molecule is CC1(C)OC(=O)C(C(=O)c2cccc3ccccc23)C(=O)O1. The normalized spacial score (nSPS) is 17.9. The van der Waals surface area contributed by atoms with Crippen LogP contribution in [0.15, 0.2) is 42.5 Å². The highest BCUT2D eigenvalue weighted by molar-refractivity contribution is 6.24. The zero-order valence-corrected chi connectivity index (χ0v) is 12.2. The van der Waals surface area contributed by atoms with Crippen LogP contribution in [0.3, 0.4) is 0 Å². The Morgan fingerprint density at radius 3 is 2.23 bits per heavy atom. The number of Topliss-reactive ketones (excluding diaryl/α,β-unsaturated/α-hetero) is 1. The van der Waals surface area contributed by atoms with Gasteiger partial charge in [0.1, 0.15) is 0 Å². The first kappa shape index (κ1) is 14.3. The van der Waals surface area contributed by atoms with Gasteiger partial charge in [-0.1, -0.05) is 42.5 Å². The van der Waals surface area contributed by atoms with Crippen LogP contribution >= 0.6 is 0 Å². The van der Waals surface area contributed by atoms with E-state index in [1.807, 2.05) is 18.2 Å². The van der Waals surface area contributed by atoms with E-state index in [-0.39, 0.29) is 0 Å². The second-order valence-electron chi connectivity index (χ2n) is 5.57. The molecule has 1 heterocycles. The number of hydrogen-bond acceptors (Lipinski definition) is 5. The molecule has 0 N–H and O–H groups in total. The number of esters is 2. The largest absolute Gasteiger partial charge is 0.422 e. The average molecular weight is 298 g/mol. The monoisotopic (exact) mass is 298 g/mol. The Balaban J connectivity index is 2.03. The molecule has 2 aromatic carbocycles. The Bertz CT molecular complexity index is 765. The highest BCUT2D eigenvalue weighted by Gasteiger charge is 2.47. The summed E-state index contributed by atoms with van der Waals surface area (Å²) in [6.07, 6.45) is 0. The summed E-state index contributed by atoms with van der Waals surface area (Å²) in [6.45, 7) is 2.89. The minimum absolute atomic E-state index is 0.303. The molecule has 2 aromatic rings. The molecule has 1 aliphatic rings. The maximum absolute atomic E-state index is 12.6. The number of benzene rings is 2. The molecule has 0 aliphatic carbocycles. The van der Waals surface area contributed by atoms with Gasteiger partial charge in [-0.15, -0.1) is 0 Å². The van der Waals surface area contributed by atoms with Crippen LogP contribution in [-0.2, 0) is 19.1 Å². The molecule has 112 valence electrons. The minimum Gasteiger partial charge on any atom is -0.422 e. The molecule has 0 bridgehead atoms. The van der Waals surface area contributed by atoms with Crippen molar-refractivity contribution < 1.29 is 23.9 Å². The molecule has 0 atom stereocenters. The predicted molar refractivity (Wildman–Crippen MR) is 78.0 cm³/mol. The fourth-order valence-corrected chi connectivity index (χ4v) is 2.53. The van der Waals surface area contributed by atoms with Crippen molar-refractivity contribution in [3.8, 4) is 0 Å². The van der Waals surface area contributed by atoms with E-state index in [2.05, 4.69) is 0 Å². The molecule has 0 unspecified atom stereocenters. The van der Waals surface area contributed by atoms with Gasteiger partial charge in [0.25, 0.3) is 5.79 Å². The number of ether oxygens (including phenoxy) is 2. The molecule has 3 rings (SSSR count). The van der Waals surface area contributed by atoms with Crippen LogP contribution in [0.2, 0.25) is 0 Å². The molecule has 0 spiro atoms. The third kappa shape index (κ3) is 2.35. The van der Waals surface area contributed by atoms with Crippen LogP contribution in [-0.4, -0.2) is 23.5 Å². The minimum atomic E-state index is -1.57. The molecule has 5 nitrogen and oxygen atoms in total. The lowest BCUT2D eigenvalue weighted by Gasteiger charge is -2.32. The lowest BCUT2D eigenvalue weighted by molar-refractivity contribution is -0.236. The second kappa shape index (κ2) is 4.94. The summed E-state index contributed by atoms with van der Waals surface area (Å²) in [6, 6.07) is 12.4. The fraction of sp³-hybridized carbons (Fsp3) is 0.235. The third-order valence-electron chi connectivity index (χ3n) is 3.48. The third-order valence-corrected chi connectivity index (χ3v) is 3.48. The summed E-state index contributed by atoms with van der Waals surface area (Å²) in [4.78, 5) is 36.7. The Hall–Kier alpha value is -2.69. The molecule has 0 radical (unpaired) electrons. The van der Waals surface area contributed by atoms with Crippen LogP contribution in [0.4, 0.5) is 0 Å². The Labute approximate surface area is 126 Å². The topological polar surface area (TPSA) is 69.7 Å². The summed E-state index contributed by atoms with van der Waals surface area (Å²) in [5, 5.41) is 1.53. The van der Waals surface area contributed by atoms with Crippen LogP contribution < -0.4 is 0 Å². The molecular weight excluding hydrogens is 284 g/mol. The van der Waals surface area contributed by atoms with Crippen LogP contribution in [0, 0.1) is 5.92 Å². The van der Waals surface area contributed by atoms with E-state index in [1.165, 1.54) is 13.8 Å². The number of rotatable bonds is 2. The summed E-state index contributed by atoms with van der Waals surface area (Å²) in [5.41, 5.74) is 0.303. The Kier molecular flexibility index (Phi) is 3.20. The van der Waals surface area contributed by atoms with Crippen molar-refractivity contribution >= 4 is 28.5 Å². The van der Waals surface area contributed by atoms with E-state index in [0.717, 1.165) is 5.39 Å². The van der Waals surface area contributed by atoms with Gasteiger partial charge < -0.3 is 9.47 Å². The molecule has 0 amide bonds. The predicted octanol–water partition coefficient (Wildman–Crippen LogP) is 2.47. The van der Waals surface area contributed by atoms with Crippen molar-refractivity contribution in [3.63, 3.8) is 0 Å². The number of hydrogen-bond donors (Lipinski definition) is 0. The van der Waals surface area contributed by atoms with Crippen LogP contribution in [0.25, 0.3) is 10.8 Å². The van der Waals surface area contributed by atoms with Crippen LogP contribution in [0.1, 0.15) is 24.2 Å². The number of carbonyl (C=O) groups excluding carboxylic acids is 3. The van der Waals surface area contributed by atoms with Gasteiger partial charge in [-0.05, 0) is 10.8 Å². The van der Waals surface area contributed by atoms with Gasteiger partial charge in [-0.2, -0.15) is 0 Å². The van der Waals surface area contributed by atoms with E-state index in [1.54, 1.807) is 24.3 Å². The van der Waals surface area contributed by atoms with Crippen molar-refractivity contribution in [2.75, 3.05) is 0 Å². The Morgan fingerprint density at radius 2 is 1.55 bits per heavy atom. The molecule has 0 saturated carbocycles. The lowest BCUT2D eigenvalue weighted by Crippen LogP contribution is -2.49. The van der Waals surface area contributed by atoms with E-state index < -0.39 is 29.4 Å². The number of carbonyl (C=O) groups is 3. The van der Waals surface area contributed by atoms with Gasteiger partial charge in [0.15, 0.2) is 5.78 Å². The van der Waals surface area contributed by atoms with E-state index in [0.29, 0.717) is 10.9 Å². The van der Waals surface area contributed by atoms with Gasteiger partial charge in [0.2, 0.25) is 5.92 Å². The maximum Gasteiger partial charge on any atom is 0.331 e. The fourth-order valence-electron chi connectivity index (χ4n) is 2.53. The molecular formula is C17H14O5. The molecule has 1 aliphatic heterocycles. The zero-order valence-electron chi connectivity index (χ0n) is 12.2. The molecule has 1 saturated heterocycles. The van der Waals surface area contributed by atoms with E-state index in [4.69, 9.17) is 9.47 Å². The molecule has 1 fully saturated rings. The van der Waals surface area contributed by atoms with E-state index >= 15 is 0 Å². The summed E-state index contributed by atoms with van der Waals surface area (Å²) in [5.74, 6) is -5.27. The molecule has 5 heteroatoms. The highest BCUT2D eigenvalue weighted by Crippen LogP contribution is 2.28. The first-order chi connectivity index (χ1) is 10.4.